The molecule has 108 valence electrons. The van der Waals surface area contributed by atoms with Crippen molar-refractivity contribution in [1.29, 1.82) is 0 Å². The molecule has 0 aromatic rings. The predicted molar refractivity (Wildman–Crippen MR) is 72.7 cm³/mol. The summed E-state index contributed by atoms with van der Waals surface area (Å²) < 4.78 is 0. The number of carbonyl (C=O) groups is 2. The largest absolute Gasteiger partial charge is 0.481 e. The molecule has 0 radical (unpaired) electrons. The zero-order valence-electron chi connectivity index (χ0n) is 11.9. The molecule has 1 unspecified atom stereocenters. The van der Waals surface area contributed by atoms with Crippen molar-refractivity contribution >= 4 is 11.9 Å². The highest BCUT2D eigenvalue weighted by atomic mass is 16.4. The Kier molecular flexibility index (Phi) is 4.48. The van der Waals surface area contributed by atoms with Crippen molar-refractivity contribution in [3.63, 3.8) is 0 Å². The summed E-state index contributed by atoms with van der Waals surface area (Å²) in [5.41, 5.74) is -0.271. The minimum Gasteiger partial charge on any atom is -0.481 e. The van der Waals surface area contributed by atoms with E-state index in [1.54, 1.807) is 0 Å². The first kappa shape index (κ1) is 14.4. The van der Waals surface area contributed by atoms with E-state index in [2.05, 4.69) is 6.92 Å². The number of rotatable bonds is 4. The molecule has 0 aromatic carbocycles. The molecule has 0 aromatic heterocycles. The zero-order chi connectivity index (χ0) is 13.9. The van der Waals surface area contributed by atoms with Gasteiger partial charge in [0.15, 0.2) is 0 Å². The average Bonchev–Trinajstić information content (AvgIpc) is 2.76. The summed E-state index contributed by atoms with van der Waals surface area (Å²) >= 11 is 0. The van der Waals surface area contributed by atoms with Crippen LogP contribution in [-0.2, 0) is 9.59 Å². The van der Waals surface area contributed by atoms with Gasteiger partial charge in [-0.25, -0.2) is 0 Å². The lowest BCUT2D eigenvalue weighted by molar-refractivity contribution is -0.142. The van der Waals surface area contributed by atoms with Crippen LogP contribution in [0.1, 0.15) is 58.3 Å². The third-order valence-corrected chi connectivity index (χ3v) is 4.74. The number of aliphatic carboxylic acids is 1. The lowest BCUT2D eigenvalue weighted by Gasteiger charge is -2.36. The molecule has 1 aliphatic heterocycles. The van der Waals surface area contributed by atoms with Gasteiger partial charge in [-0.3, -0.25) is 9.59 Å². The van der Waals surface area contributed by atoms with Crippen molar-refractivity contribution in [2.45, 2.75) is 58.3 Å². The molecule has 1 saturated heterocycles. The minimum absolute atomic E-state index is 0.155. The maximum atomic E-state index is 12.4. The van der Waals surface area contributed by atoms with Gasteiger partial charge in [-0.15, -0.1) is 0 Å². The van der Waals surface area contributed by atoms with Crippen LogP contribution in [0.3, 0.4) is 0 Å². The molecular weight excluding hydrogens is 242 g/mol. The Morgan fingerprint density at radius 2 is 1.89 bits per heavy atom. The van der Waals surface area contributed by atoms with E-state index in [9.17, 15) is 9.59 Å². The molecule has 4 heteroatoms. The van der Waals surface area contributed by atoms with Crippen molar-refractivity contribution in [1.82, 2.24) is 4.90 Å². The van der Waals surface area contributed by atoms with E-state index in [-0.39, 0.29) is 17.7 Å². The maximum absolute atomic E-state index is 12.4. The first-order chi connectivity index (χ1) is 9.01. The number of likely N-dealkylation sites (tertiary alicyclic amines) is 1. The smallest absolute Gasteiger partial charge is 0.303 e. The number of carbonyl (C=O) groups excluding carboxylic acids is 1. The summed E-state index contributed by atoms with van der Waals surface area (Å²) in [6.45, 7) is 3.87. The van der Waals surface area contributed by atoms with Crippen LogP contribution in [0.2, 0.25) is 0 Å². The number of nitrogens with zero attached hydrogens (tertiary/aromatic N) is 1. The summed E-state index contributed by atoms with van der Waals surface area (Å²) in [6, 6.07) is 0. The molecule has 1 heterocycles. The number of amides is 1. The standard InChI is InChI=1S/C15H25NO3/c1-12-5-8-16(11-12)13(17)9-15(10-14(18)19)6-3-2-4-7-15/h12H,2-11H2,1H3,(H,18,19). The molecule has 19 heavy (non-hydrogen) atoms. The number of hydrogen-bond donors (Lipinski definition) is 1. The first-order valence-electron chi connectivity index (χ1n) is 7.50. The molecule has 0 spiro atoms. The van der Waals surface area contributed by atoms with Crippen molar-refractivity contribution in [3.8, 4) is 0 Å². The van der Waals surface area contributed by atoms with Crippen molar-refractivity contribution in [2.75, 3.05) is 13.1 Å². The van der Waals surface area contributed by atoms with Gasteiger partial charge in [0.1, 0.15) is 0 Å². The zero-order valence-corrected chi connectivity index (χ0v) is 11.9. The summed E-state index contributed by atoms with van der Waals surface area (Å²) in [6.07, 6.45) is 6.78. The first-order valence-corrected chi connectivity index (χ1v) is 7.50. The molecule has 1 amide bonds. The third-order valence-electron chi connectivity index (χ3n) is 4.74. The van der Waals surface area contributed by atoms with Crippen LogP contribution in [0.5, 0.6) is 0 Å². The van der Waals surface area contributed by atoms with Gasteiger partial charge < -0.3 is 10.0 Å². The van der Waals surface area contributed by atoms with Crippen LogP contribution in [0.4, 0.5) is 0 Å². The highest BCUT2D eigenvalue weighted by molar-refractivity contribution is 5.78. The second-order valence-electron chi connectivity index (χ2n) is 6.54. The molecule has 1 saturated carbocycles. The lowest BCUT2D eigenvalue weighted by Crippen LogP contribution is -2.37. The van der Waals surface area contributed by atoms with Crippen molar-refractivity contribution in [3.05, 3.63) is 0 Å². The average molecular weight is 267 g/mol. The number of carboxylic acids is 1. The van der Waals surface area contributed by atoms with E-state index in [4.69, 9.17) is 5.11 Å². The van der Waals surface area contributed by atoms with Crippen LogP contribution in [0.25, 0.3) is 0 Å². The second kappa shape index (κ2) is 5.93. The van der Waals surface area contributed by atoms with Crippen LogP contribution in [-0.4, -0.2) is 35.0 Å². The van der Waals surface area contributed by atoms with Gasteiger partial charge in [0.05, 0.1) is 6.42 Å². The van der Waals surface area contributed by atoms with Gasteiger partial charge in [-0.1, -0.05) is 26.2 Å². The van der Waals surface area contributed by atoms with Crippen molar-refractivity contribution in [2.24, 2.45) is 11.3 Å². The highest BCUT2D eigenvalue weighted by Gasteiger charge is 2.38. The summed E-state index contributed by atoms with van der Waals surface area (Å²) in [5.74, 6) is 0.00252. The highest BCUT2D eigenvalue weighted by Crippen LogP contribution is 2.43. The normalized spacial score (nSPS) is 26.4. The van der Waals surface area contributed by atoms with Gasteiger partial charge in [-0.05, 0) is 30.6 Å². The van der Waals surface area contributed by atoms with Gasteiger partial charge >= 0.3 is 5.97 Å². The fourth-order valence-corrected chi connectivity index (χ4v) is 3.63. The molecule has 2 rings (SSSR count). The molecule has 4 nitrogen and oxygen atoms in total. The fraction of sp³-hybridized carbons (Fsp3) is 0.867. The Balaban J connectivity index is 1.99. The maximum Gasteiger partial charge on any atom is 0.303 e. The van der Waals surface area contributed by atoms with Gasteiger partial charge in [-0.2, -0.15) is 0 Å². The molecule has 1 atom stereocenters. The molecule has 1 N–H and O–H groups in total. The SMILES string of the molecule is CC1CCN(C(=O)CC2(CC(=O)O)CCCCC2)C1. The Bertz CT molecular complexity index is 347. The molecular formula is C15H25NO3. The molecule has 2 fully saturated rings. The Morgan fingerprint density at radius 3 is 2.42 bits per heavy atom. The molecule has 0 bridgehead atoms. The molecule has 1 aliphatic carbocycles. The Labute approximate surface area is 115 Å². The minimum atomic E-state index is -0.760. The number of carboxylic acid groups (broad SMARTS) is 1. The van der Waals surface area contributed by atoms with Crippen LogP contribution in [0.15, 0.2) is 0 Å². The van der Waals surface area contributed by atoms with Crippen LogP contribution >= 0.6 is 0 Å². The quantitative estimate of drug-likeness (QED) is 0.852. The predicted octanol–water partition coefficient (Wildman–Crippen LogP) is 2.67. The van der Waals surface area contributed by atoms with Crippen molar-refractivity contribution < 1.29 is 14.7 Å². The Hall–Kier alpha value is -1.06. The molecule has 2 aliphatic rings. The second-order valence-corrected chi connectivity index (χ2v) is 6.54. The van der Waals surface area contributed by atoms with Crippen LogP contribution in [0, 0.1) is 11.3 Å². The third kappa shape index (κ3) is 3.71. The van der Waals surface area contributed by atoms with E-state index >= 15 is 0 Å². The summed E-state index contributed by atoms with van der Waals surface area (Å²) in [7, 11) is 0. The summed E-state index contributed by atoms with van der Waals surface area (Å²) in [4.78, 5) is 25.4. The van der Waals surface area contributed by atoms with Gasteiger partial charge in [0.2, 0.25) is 5.91 Å². The van der Waals surface area contributed by atoms with E-state index in [0.717, 1.165) is 45.2 Å². The number of hydrogen-bond acceptors (Lipinski definition) is 2. The van der Waals surface area contributed by atoms with Gasteiger partial charge in [0.25, 0.3) is 0 Å². The van der Waals surface area contributed by atoms with E-state index in [0.29, 0.717) is 12.3 Å². The summed E-state index contributed by atoms with van der Waals surface area (Å²) in [5, 5.41) is 9.13. The van der Waals surface area contributed by atoms with Crippen LogP contribution < -0.4 is 0 Å². The van der Waals surface area contributed by atoms with Gasteiger partial charge in [0, 0.05) is 19.5 Å². The van der Waals surface area contributed by atoms with E-state index in [1.165, 1.54) is 6.42 Å². The lowest BCUT2D eigenvalue weighted by atomic mass is 9.69. The monoisotopic (exact) mass is 267 g/mol. The fourth-order valence-electron chi connectivity index (χ4n) is 3.63. The Morgan fingerprint density at radius 1 is 1.21 bits per heavy atom. The van der Waals surface area contributed by atoms with E-state index < -0.39 is 5.97 Å². The topological polar surface area (TPSA) is 57.6 Å². The van der Waals surface area contributed by atoms with E-state index in [1.807, 2.05) is 4.90 Å².